The highest BCUT2D eigenvalue weighted by atomic mass is 16.2. The first-order valence-electron chi connectivity index (χ1n) is 7.25. The van der Waals surface area contributed by atoms with Gasteiger partial charge in [0, 0.05) is 31.2 Å². The molecule has 1 amide bonds. The number of piperidine rings is 1. The molecule has 6 nitrogen and oxygen atoms in total. The number of amides is 1. The zero-order valence-corrected chi connectivity index (χ0v) is 11.8. The summed E-state index contributed by atoms with van der Waals surface area (Å²) in [6.07, 6.45) is 7.38. The molecule has 0 saturated carbocycles. The number of carbonyl (C=O) groups is 1. The molecule has 1 aliphatic rings. The van der Waals surface area contributed by atoms with Crippen LogP contribution in [0.1, 0.15) is 18.4 Å². The Morgan fingerprint density at radius 3 is 3.00 bits per heavy atom. The minimum atomic E-state index is 0.0455. The molecule has 0 spiro atoms. The molecule has 0 aromatic carbocycles. The molecule has 2 aromatic heterocycles. The Hall–Kier alpha value is -2.21. The summed E-state index contributed by atoms with van der Waals surface area (Å²) < 4.78 is 1.81. The van der Waals surface area contributed by atoms with Crippen LogP contribution in [0, 0.1) is 5.92 Å². The Morgan fingerprint density at radius 2 is 2.24 bits per heavy atom. The number of aromatic nitrogens is 3. The van der Waals surface area contributed by atoms with E-state index in [1.54, 1.807) is 12.4 Å². The summed E-state index contributed by atoms with van der Waals surface area (Å²) in [4.78, 5) is 16.1. The molecular formula is C15H19N5O. The Balaban J connectivity index is 1.58. The van der Waals surface area contributed by atoms with Crippen molar-refractivity contribution in [1.82, 2.24) is 20.1 Å². The largest absolute Gasteiger partial charge is 0.316 e. The van der Waals surface area contributed by atoms with E-state index in [9.17, 15) is 4.79 Å². The molecule has 1 saturated heterocycles. The lowest BCUT2D eigenvalue weighted by Gasteiger charge is -2.21. The average molecular weight is 285 g/mol. The van der Waals surface area contributed by atoms with Crippen LogP contribution in [0.3, 0.4) is 0 Å². The zero-order chi connectivity index (χ0) is 14.5. The van der Waals surface area contributed by atoms with Crippen LogP contribution in [-0.4, -0.2) is 33.8 Å². The predicted octanol–water partition coefficient (Wildman–Crippen LogP) is 1.26. The monoisotopic (exact) mass is 285 g/mol. The van der Waals surface area contributed by atoms with Gasteiger partial charge in [-0.25, -0.2) is 0 Å². The molecule has 1 atom stereocenters. The Labute approximate surface area is 123 Å². The third-order valence-corrected chi connectivity index (χ3v) is 3.65. The standard InChI is InChI=1S/C15H19N5O/c21-15(13-2-1-6-17-10-13)18-14-5-9-20(19-14)11-12-3-7-16-8-4-12/h3-5,7-9,13,17H,1-2,6,10-11H2,(H,18,19,21). The third kappa shape index (κ3) is 3.66. The fraction of sp³-hybridized carbons (Fsp3) is 0.400. The molecule has 6 heteroatoms. The van der Waals surface area contributed by atoms with Gasteiger partial charge in [0.1, 0.15) is 0 Å². The van der Waals surface area contributed by atoms with E-state index in [2.05, 4.69) is 20.7 Å². The number of nitrogens with zero attached hydrogens (tertiary/aromatic N) is 3. The molecule has 110 valence electrons. The molecule has 3 rings (SSSR count). The highest BCUT2D eigenvalue weighted by Crippen LogP contribution is 2.13. The van der Waals surface area contributed by atoms with Gasteiger partial charge in [-0.15, -0.1) is 0 Å². The lowest BCUT2D eigenvalue weighted by Crippen LogP contribution is -2.37. The minimum Gasteiger partial charge on any atom is -0.316 e. The Kier molecular flexibility index (Phi) is 4.25. The normalized spacial score (nSPS) is 18.4. The molecule has 1 fully saturated rings. The number of nitrogens with one attached hydrogen (secondary N) is 2. The summed E-state index contributed by atoms with van der Waals surface area (Å²) >= 11 is 0. The van der Waals surface area contributed by atoms with Gasteiger partial charge >= 0.3 is 0 Å². The fourth-order valence-electron chi connectivity index (χ4n) is 2.50. The molecule has 0 radical (unpaired) electrons. The molecule has 21 heavy (non-hydrogen) atoms. The third-order valence-electron chi connectivity index (χ3n) is 3.65. The van der Waals surface area contributed by atoms with Crippen LogP contribution in [0.5, 0.6) is 0 Å². The molecule has 0 aliphatic carbocycles. The second kappa shape index (κ2) is 6.49. The van der Waals surface area contributed by atoms with Crippen molar-refractivity contribution in [3.8, 4) is 0 Å². The van der Waals surface area contributed by atoms with Crippen LogP contribution >= 0.6 is 0 Å². The van der Waals surface area contributed by atoms with Gasteiger partial charge < -0.3 is 10.6 Å². The molecule has 1 aliphatic heterocycles. The van der Waals surface area contributed by atoms with Crippen LogP contribution in [0.25, 0.3) is 0 Å². The molecule has 2 N–H and O–H groups in total. The van der Waals surface area contributed by atoms with Crippen LogP contribution in [-0.2, 0) is 11.3 Å². The zero-order valence-electron chi connectivity index (χ0n) is 11.8. The van der Waals surface area contributed by atoms with E-state index in [0.717, 1.165) is 31.5 Å². The Bertz CT molecular complexity index is 589. The van der Waals surface area contributed by atoms with Crippen molar-refractivity contribution in [2.45, 2.75) is 19.4 Å². The van der Waals surface area contributed by atoms with Gasteiger partial charge in [0.2, 0.25) is 5.91 Å². The van der Waals surface area contributed by atoms with Crippen LogP contribution in [0.2, 0.25) is 0 Å². The molecule has 1 unspecified atom stereocenters. The minimum absolute atomic E-state index is 0.0455. The quantitative estimate of drug-likeness (QED) is 0.887. The lowest BCUT2D eigenvalue weighted by atomic mass is 9.99. The van der Waals surface area contributed by atoms with Crippen LogP contribution < -0.4 is 10.6 Å². The van der Waals surface area contributed by atoms with Gasteiger partial charge in [0.15, 0.2) is 5.82 Å². The molecule has 2 aromatic rings. The summed E-state index contributed by atoms with van der Waals surface area (Å²) in [7, 11) is 0. The van der Waals surface area contributed by atoms with E-state index in [1.807, 2.05) is 29.1 Å². The maximum Gasteiger partial charge on any atom is 0.229 e. The van der Waals surface area contributed by atoms with Gasteiger partial charge in [0.05, 0.1) is 12.5 Å². The van der Waals surface area contributed by atoms with Gasteiger partial charge in [-0.05, 0) is 37.1 Å². The van der Waals surface area contributed by atoms with Crippen LogP contribution in [0.15, 0.2) is 36.8 Å². The van der Waals surface area contributed by atoms with Crippen molar-refractivity contribution in [2.75, 3.05) is 18.4 Å². The molecule has 3 heterocycles. The van der Waals surface area contributed by atoms with Crippen molar-refractivity contribution in [3.63, 3.8) is 0 Å². The maximum atomic E-state index is 12.1. The van der Waals surface area contributed by atoms with Crippen LogP contribution in [0.4, 0.5) is 5.82 Å². The van der Waals surface area contributed by atoms with E-state index < -0.39 is 0 Å². The van der Waals surface area contributed by atoms with Gasteiger partial charge in [-0.1, -0.05) is 0 Å². The first kappa shape index (κ1) is 13.8. The first-order valence-corrected chi connectivity index (χ1v) is 7.25. The van der Waals surface area contributed by atoms with Crippen molar-refractivity contribution in [3.05, 3.63) is 42.4 Å². The van der Waals surface area contributed by atoms with E-state index >= 15 is 0 Å². The van der Waals surface area contributed by atoms with Gasteiger partial charge in [0.25, 0.3) is 0 Å². The average Bonchev–Trinajstić information content (AvgIpc) is 2.96. The second-order valence-corrected chi connectivity index (χ2v) is 5.29. The van der Waals surface area contributed by atoms with E-state index in [-0.39, 0.29) is 11.8 Å². The molecular weight excluding hydrogens is 266 g/mol. The highest BCUT2D eigenvalue weighted by molar-refractivity contribution is 5.91. The number of rotatable bonds is 4. The number of pyridine rings is 1. The maximum absolute atomic E-state index is 12.1. The molecule has 0 bridgehead atoms. The van der Waals surface area contributed by atoms with E-state index in [4.69, 9.17) is 0 Å². The first-order chi connectivity index (χ1) is 10.3. The van der Waals surface area contributed by atoms with Crippen molar-refractivity contribution < 1.29 is 4.79 Å². The van der Waals surface area contributed by atoms with E-state index in [1.165, 1.54) is 0 Å². The van der Waals surface area contributed by atoms with E-state index in [0.29, 0.717) is 12.4 Å². The van der Waals surface area contributed by atoms with Crippen molar-refractivity contribution >= 4 is 11.7 Å². The van der Waals surface area contributed by atoms with Crippen molar-refractivity contribution in [1.29, 1.82) is 0 Å². The second-order valence-electron chi connectivity index (χ2n) is 5.29. The summed E-state index contributed by atoms with van der Waals surface area (Å²) in [6, 6.07) is 5.73. The topological polar surface area (TPSA) is 71.8 Å². The number of anilines is 1. The number of hydrogen-bond acceptors (Lipinski definition) is 4. The van der Waals surface area contributed by atoms with Crippen molar-refractivity contribution in [2.24, 2.45) is 5.92 Å². The number of hydrogen-bond donors (Lipinski definition) is 2. The summed E-state index contributed by atoms with van der Waals surface area (Å²) in [5, 5.41) is 10.5. The summed E-state index contributed by atoms with van der Waals surface area (Å²) in [5.74, 6) is 0.708. The Morgan fingerprint density at radius 1 is 1.38 bits per heavy atom. The highest BCUT2D eigenvalue weighted by Gasteiger charge is 2.21. The smallest absolute Gasteiger partial charge is 0.229 e. The van der Waals surface area contributed by atoms with Gasteiger partial charge in [-0.2, -0.15) is 5.10 Å². The predicted molar refractivity (Wildman–Crippen MR) is 79.8 cm³/mol. The fourth-order valence-corrected chi connectivity index (χ4v) is 2.50. The number of carbonyl (C=O) groups excluding carboxylic acids is 1. The lowest BCUT2D eigenvalue weighted by molar-refractivity contribution is -0.120. The summed E-state index contributed by atoms with van der Waals surface area (Å²) in [5.41, 5.74) is 1.13. The SMILES string of the molecule is O=C(Nc1ccn(Cc2ccncc2)n1)C1CCCNC1. The van der Waals surface area contributed by atoms with Gasteiger partial charge in [-0.3, -0.25) is 14.5 Å². The summed E-state index contributed by atoms with van der Waals surface area (Å²) in [6.45, 7) is 2.43.